The normalized spacial score (nSPS) is 13.9. The van der Waals surface area contributed by atoms with Gasteiger partial charge in [-0.15, -0.1) is 0 Å². The first-order valence-corrected chi connectivity index (χ1v) is 6.73. The molecule has 0 saturated carbocycles. The number of anilines is 1. The number of aliphatic hydroxyl groups excluding tert-OH is 1. The van der Waals surface area contributed by atoms with E-state index in [-0.39, 0.29) is 18.8 Å². The van der Waals surface area contributed by atoms with E-state index >= 15 is 0 Å². The van der Waals surface area contributed by atoms with Gasteiger partial charge in [0.1, 0.15) is 11.4 Å². The van der Waals surface area contributed by atoms with E-state index in [2.05, 4.69) is 10.1 Å². The number of hydrogen-bond donors (Lipinski definition) is 2. The van der Waals surface area contributed by atoms with Crippen LogP contribution in [-0.2, 0) is 14.3 Å². The maximum atomic E-state index is 12.1. The lowest BCUT2D eigenvalue weighted by atomic mass is 10.2. The molecule has 1 aliphatic rings. The fraction of sp³-hybridized carbons (Fsp3) is 0.267. The summed E-state index contributed by atoms with van der Waals surface area (Å²) in [5, 5.41) is 11.7. The van der Waals surface area contributed by atoms with Gasteiger partial charge < -0.3 is 19.9 Å². The number of aliphatic hydroxyl groups is 1. The molecule has 0 unspecified atom stereocenters. The Hall–Kier alpha value is -2.87. The Morgan fingerprint density at radius 3 is 2.65 bits per heavy atom. The number of benzene rings is 1. The molecule has 8 nitrogen and oxygen atoms in total. The minimum atomic E-state index is -0.539. The second-order valence-corrected chi connectivity index (χ2v) is 4.61. The van der Waals surface area contributed by atoms with Crippen molar-refractivity contribution in [3.8, 4) is 5.75 Å². The van der Waals surface area contributed by atoms with Gasteiger partial charge in [-0.1, -0.05) is 0 Å². The molecule has 1 aromatic rings. The lowest BCUT2D eigenvalue weighted by molar-refractivity contribution is -0.137. The van der Waals surface area contributed by atoms with Crippen LogP contribution in [0.2, 0.25) is 0 Å². The van der Waals surface area contributed by atoms with Crippen LogP contribution in [0, 0.1) is 0 Å². The molecule has 2 rings (SSSR count). The maximum absolute atomic E-state index is 12.1. The molecule has 1 aromatic carbocycles. The quantitative estimate of drug-likeness (QED) is 0.567. The molecule has 2 amide bonds. The van der Waals surface area contributed by atoms with Gasteiger partial charge in [0.2, 0.25) is 0 Å². The lowest BCUT2D eigenvalue weighted by Crippen LogP contribution is -2.34. The number of imide groups is 1. The van der Waals surface area contributed by atoms with Gasteiger partial charge >= 0.3 is 5.97 Å². The Balaban J connectivity index is 2.24. The van der Waals surface area contributed by atoms with Gasteiger partial charge in [0, 0.05) is 6.08 Å². The molecule has 122 valence electrons. The number of rotatable bonds is 6. The van der Waals surface area contributed by atoms with Crippen molar-refractivity contribution in [3.05, 3.63) is 35.5 Å². The highest BCUT2D eigenvalue weighted by Crippen LogP contribution is 2.28. The zero-order valence-corrected chi connectivity index (χ0v) is 12.7. The van der Waals surface area contributed by atoms with E-state index in [4.69, 9.17) is 9.84 Å². The largest absolute Gasteiger partial charge is 0.495 e. The van der Waals surface area contributed by atoms with Crippen LogP contribution in [0.15, 0.2) is 30.0 Å². The summed E-state index contributed by atoms with van der Waals surface area (Å²) >= 11 is 0. The Morgan fingerprint density at radius 2 is 2.04 bits per heavy atom. The summed E-state index contributed by atoms with van der Waals surface area (Å²) in [5.74, 6) is -1.25. The molecule has 8 heteroatoms. The number of β-amino-alcohol motifs (C(OH)–C–C–N with tert-alkyl or cyclic N) is 1. The number of ether oxygens (including phenoxy) is 2. The first-order chi connectivity index (χ1) is 11.0. The first kappa shape index (κ1) is 16.5. The molecule has 0 aromatic heterocycles. The van der Waals surface area contributed by atoms with Gasteiger partial charge in [-0.3, -0.25) is 14.5 Å². The summed E-state index contributed by atoms with van der Waals surface area (Å²) in [6, 6.07) is 4.50. The first-order valence-electron chi connectivity index (χ1n) is 6.73. The van der Waals surface area contributed by atoms with E-state index in [0.717, 1.165) is 11.0 Å². The molecule has 0 spiro atoms. The van der Waals surface area contributed by atoms with Crippen molar-refractivity contribution < 1.29 is 29.0 Å². The average molecular weight is 320 g/mol. The SMILES string of the molecule is COC(=O)c1ccc(NC2=CC(=O)N(CCO)C2=O)c(OC)c1. The highest BCUT2D eigenvalue weighted by atomic mass is 16.5. The van der Waals surface area contributed by atoms with Gasteiger partial charge in [0.05, 0.1) is 38.6 Å². The maximum Gasteiger partial charge on any atom is 0.337 e. The predicted octanol–water partition coefficient (Wildman–Crippen LogP) is 0.139. The van der Waals surface area contributed by atoms with Crippen molar-refractivity contribution in [2.45, 2.75) is 0 Å². The second kappa shape index (κ2) is 6.93. The van der Waals surface area contributed by atoms with Crippen molar-refractivity contribution in [2.24, 2.45) is 0 Å². The Bertz CT molecular complexity index is 683. The number of nitrogens with one attached hydrogen (secondary N) is 1. The topological polar surface area (TPSA) is 105 Å². The van der Waals surface area contributed by atoms with E-state index in [1.54, 1.807) is 6.07 Å². The fourth-order valence-corrected chi connectivity index (χ4v) is 2.09. The van der Waals surface area contributed by atoms with Crippen LogP contribution in [0.4, 0.5) is 5.69 Å². The fourth-order valence-electron chi connectivity index (χ4n) is 2.09. The summed E-state index contributed by atoms with van der Waals surface area (Å²) < 4.78 is 9.81. The molecule has 2 N–H and O–H groups in total. The van der Waals surface area contributed by atoms with Crippen molar-refractivity contribution in [3.63, 3.8) is 0 Å². The smallest absolute Gasteiger partial charge is 0.337 e. The zero-order chi connectivity index (χ0) is 17.0. The van der Waals surface area contributed by atoms with Gasteiger partial charge in [0.25, 0.3) is 11.8 Å². The van der Waals surface area contributed by atoms with Crippen LogP contribution in [0.1, 0.15) is 10.4 Å². The number of hydrogen-bond acceptors (Lipinski definition) is 7. The summed E-state index contributed by atoms with van der Waals surface area (Å²) in [7, 11) is 2.68. The number of amides is 2. The Labute approximate surface area is 132 Å². The molecule has 1 aliphatic heterocycles. The summed E-state index contributed by atoms with van der Waals surface area (Å²) in [6.07, 6.45) is 1.14. The van der Waals surface area contributed by atoms with Crippen LogP contribution < -0.4 is 10.1 Å². The third-order valence-corrected chi connectivity index (χ3v) is 3.22. The second-order valence-electron chi connectivity index (χ2n) is 4.61. The van der Waals surface area contributed by atoms with Gasteiger partial charge in [0.15, 0.2) is 0 Å². The molecule has 0 radical (unpaired) electrons. The van der Waals surface area contributed by atoms with Crippen LogP contribution in [0.25, 0.3) is 0 Å². The summed E-state index contributed by atoms with van der Waals surface area (Å²) in [4.78, 5) is 36.2. The van der Waals surface area contributed by atoms with E-state index in [0.29, 0.717) is 17.0 Å². The third kappa shape index (κ3) is 3.32. The van der Waals surface area contributed by atoms with Crippen molar-refractivity contribution in [1.29, 1.82) is 0 Å². The lowest BCUT2D eigenvalue weighted by Gasteiger charge is -2.15. The number of esters is 1. The molecular weight excluding hydrogens is 304 g/mol. The molecule has 0 atom stereocenters. The minimum absolute atomic E-state index is 0.0626. The van der Waals surface area contributed by atoms with E-state index in [1.165, 1.54) is 26.4 Å². The van der Waals surface area contributed by atoms with Crippen molar-refractivity contribution >= 4 is 23.5 Å². The molecular formula is C15H16N2O6. The molecule has 23 heavy (non-hydrogen) atoms. The van der Waals surface area contributed by atoms with Crippen LogP contribution in [0.5, 0.6) is 5.75 Å². The predicted molar refractivity (Wildman–Crippen MR) is 79.8 cm³/mol. The van der Waals surface area contributed by atoms with Gasteiger partial charge in [-0.25, -0.2) is 4.79 Å². The van der Waals surface area contributed by atoms with Crippen LogP contribution >= 0.6 is 0 Å². The average Bonchev–Trinajstić information content (AvgIpc) is 2.82. The number of methoxy groups -OCH3 is 2. The van der Waals surface area contributed by atoms with E-state index in [9.17, 15) is 14.4 Å². The number of nitrogens with zero attached hydrogens (tertiary/aromatic N) is 1. The van der Waals surface area contributed by atoms with E-state index in [1.807, 2.05) is 0 Å². The molecule has 0 fully saturated rings. The van der Waals surface area contributed by atoms with Gasteiger partial charge in [-0.05, 0) is 18.2 Å². The van der Waals surface area contributed by atoms with Gasteiger partial charge in [-0.2, -0.15) is 0 Å². The minimum Gasteiger partial charge on any atom is -0.495 e. The molecule has 0 aliphatic carbocycles. The monoisotopic (exact) mass is 320 g/mol. The standard InChI is InChI=1S/C15H16N2O6/c1-22-12-7-9(15(21)23-2)3-4-10(12)16-11-8-13(19)17(5-6-18)14(11)20/h3-4,7-8,16,18H,5-6H2,1-2H3. The van der Waals surface area contributed by atoms with Crippen molar-refractivity contribution in [2.75, 3.05) is 32.7 Å². The van der Waals surface area contributed by atoms with Crippen LogP contribution in [0.3, 0.4) is 0 Å². The van der Waals surface area contributed by atoms with Crippen molar-refractivity contribution in [1.82, 2.24) is 4.90 Å². The van der Waals surface area contributed by atoms with Crippen LogP contribution in [-0.4, -0.2) is 55.2 Å². The number of carbonyl (C=O) groups excluding carboxylic acids is 3. The Morgan fingerprint density at radius 1 is 1.30 bits per heavy atom. The van der Waals surface area contributed by atoms with E-state index < -0.39 is 17.8 Å². The molecule has 0 saturated heterocycles. The highest BCUT2D eigenvalue weighted by molar-refractivity contribution is 6.17. The number of carbonyl (C=O) groups is 3. The molecule has 0 bridgehead atoms. The third-order valence-electron chi connectivity index (χ3n) is 3.22. The zero-order valence-electron chi connectivity index (χ0n) is 12.7. The molecule has 1 heterocycles. The Kier molecular flexibility index (Phi) is 4.97. The summed E-state index contributed by atoms with van der Waals surface area (Å²) in [6.45, 7) is -0.381. The summed E-state index contributed by atoms with van der Waals surface area (Å²) in [5.41, 5.74) is 0.769. The highest BCUT2D eigenvalue weighted by Gasteiger charge is 2.31.